The summed E-state index contributed by atoms with van der Waals surface area (Å²) < 4.78 is 10.6. The van der Waals surface area contributed by atoms with Gasteiger partial charge in [0, 0.05) is 27.7 Å². The van der Waals surface area contributed by atoms with Gasteiger partial charge < -0.3 is 19.9 Å². The number of ether oxygens (including phenoxy) is 2. The van der Waals surface area contributed by atoms with E-state index in [0.717, 1.165) is 11.4 Å². The number of aromatic nitrogens is 1. The normalized spacial score (nSPS) is 12.4. The number of hydrogen-bond acceptors (Lipinski definition) is 6. The number of thiazole rings is 1. The zero-order valence-corrected chi connectivity index (χ0v) is 13.3. The van der Waals surface area contributed by atoms with Gasteiger partial charge in [-0.05, 0) is 30.3 Å². The molecule has 1 aromatic heterocycles. The largest absolute Gasteiger partial charge is 0.507 e. The predicted molar refractivity (Wildman–Crippen MR) is 90.1 cm³/mol. The van der Waals surface area contributed by atoms with Crippen molar-refractivity contribution in [1.82, 2.24) is 4.98 Å². The van der Waals surface area contributed by atoms with Crippen molar-refractivity contribution in [2.24, 2.45) is 0 Å². The number of fused-ring (bicyclic) bond motifs is 1. The second-order valence-corrected chi connectivity index (χ2v) is 6.19. The van der Waals surface area contributed by atoms with E-state index in [4.69, 9.17) is 21.1 Å². The highest BCUT2D eigenvalue weighted by Crippen LogP contribution is 2.37. The molecule has 0 atom stereocenters. The molecule has 0 unspecified atom stereocenters. The number of rotatable bonds is 3. The van der Waals surface area contributed by atoms with Gasteiger partial charge in [-0.1, -0.05) is 11.6 Å². The van der Waals surface area contributed by atoms with Gasteiger partial charge in [0.05, 0.1) is 5.69 Å². The average Bonchev–Trinajstić information content (AvgIpc) is 3.18. The summed E-state index contributed by atoms with van der Waals surface area (Å²) in [6.07, 6.45) is 0. The molecule has 0 bridgehead atoms. The van der Waals surface area contributed by atoms with Crippen LogP contribution in [0.25, 0.3) is 11.3 Å². The zero-order valence-electron chi connectivity index (χ0n) is 11.7. The molecule has 1 aliphatic rings. The lowest BCUT2D eigenvalue weighted by atomic mass is 10.1. The molecule has 7 heteroatoms. The van der Waals surface area contributed by atoms with Gasteiger partial charge in [0.25, 0.3) is 0 Å². The molecular weight excluding hydrogens is 336 g/mol. The van der Waals surface area contributed by atoms with E-state index in [0.29, 0.717) is 27.2 Å². The first kappa shape index (κ1) is 14.2. The molecule has 23 heavy (non-hydrogen) atoms. The Labute approximate surface area is 141 Å². The van der Waals surface area contributed by atoms with Crippen molar-refractivity contribution in [2.75, 3.05) is 12.1 Å². The number of anilines is 2. The minimum atomic E-state index is 0.148. The number of phenols is 1. The van der Waals surface area contributed by atoms with Crippen LogP contribution >= 0.6 is 22.9 Å². The standard InChI is InChI=1S/C16H11ClN2O3S/c17-9-1-3-13(20)11(5-9)12-7-23-16(19-12)18-10-2-4-14-15(6-10)22-8-21-14/h1-7,20H,8H2,(H,18,19). The van der Waals surface area contributed by atoms with Gasteiger partial charge in [-0.25, -0.2) is 4.98 Å². The van der Waals surface area contributed by atoms with Gasteiger partial charge in [-0.2, -0.15) is 0 Å². The van der Waals surface area contributed by atoms with Crippen LogP contribution in [0.15, 0.2) is 41.8 Å². The summed E-state index contributed by atoms with van der Waals surface area (Å²) in [6.45, 7) is 0.244. The Morgan fingerprint density at radius 1 is 1.13 bits per heavy atom. The van der Waals surface area contributed by atoms with E-state index >= 15 is 0 Å². The fraction of sp³-hybridized carbons (Fsp3) is 0.0625. The quantitative estimate of drug-likeness (QED) is 0.723. The number of aromatic hydroxyl groups is 1. The lowest BCUT2D eigenvalue weighted by Crippen LogP contribution is -1.93. The molecule has 0 amide bonds. The Morgan fingerprint density at radius 2 is 2.00 bits per heavy atom. The Bertz CT molecular complexity index is 882. The van der Waals surface area contributed by atoms with Gasteiger partial charge in [-0.3, -0.25) is 0 Å². The van der Waals surface area contributed by atoms with Gasteiger partial charge in [-0.15, -0.1) is 11.3 Å². The second kappa shape index (κ2) is 5.64. The number of halogens is 1. The summed E-state index contributed by atoms with van der Waals surface area (Å²) in [6, 6.07) is 10.5. The van der Waals surface area contributed by atoms with Crippen LogP contribution in [0, 0.1) is 0 Å². The third-order valence-corrected chi connectivity index (χ3v) is 4.36. The molecule has 0 spiro atoms. The van der Waals surface area contributed by atoms with Crippen LogP contribution in [0.3, 0.4) is 0 Å². The smallest absolute Gasteiger partial charge is 0.231 e. The molecule has 0 saturated heterocycles. The minimum absolute atomic E-state index is 0.148. The van der Waals surface area contributed by atoms with E-state index in [1.54, 1.807) is 18.2 Å². The number of benzene rings is 2. The van der Waals surface area contributed by atoms with E-state index in [1.807, 2.05) is 23.6 Å². The molecule has 2 aromatic carbocycles. The second-order valence-electron chi connectivity index (χ2n) is 4.89. The fourth-order valence-electron chi connectivity index (χ4n) is 2.27. The van der Waals surface area contributed by atoms with Crippen molar-refractivity contribution >= 4 is 33.8 Å². The molecule has 116 valence electrons. The summed E-state index contributed by atoms with van der Waals surface area (Å²) in [5.74, 6) is 1.59. The Kier molecular flexibility index (Phi) is 3.48. The Hall–Kier alpha value is -2.44. The van der Waals surface area contributed by atoms with Gasteiger partial charge >= 0.3 is 0 Å². The highest BCUT2D eigenvalue weighted by atomic mass is 35.5. The molecule has 5 nitrogen and oxygen atoms in total. The van der Waals surface area contributed by atoms with E-state index in [1.165, 1.54) is 11.3 Å². The predicted octanol–water partition coefficient (Wildman–Crippen LogP) is 4.64. The van der Waals surface area contributed by atoms with Crippen molar-refractivity contribution in [3.05, 3.63) is 46.8 Å². The maximum Gasteiger partial charge on any atom is 0.231 e. The Balaban J connectivity index is 1.60. The molecule has 0 saturated carbocycles. The van der Waals surface area contributed by atoms with Crippen molar-refractivity contribution in [3.63, 3.8) is 0 Å². The van der Waals surface area contributed by atoms with E-state index in [-0.39, 0.29) is 12.5 Å². The monoisotopic (exact) mass is 346 g/mol. The minimum Gasteiger partial charge on any atom is -0.507 e. The first-order valence-electron chi connectivity index (χ1n) is 6.80. The van der Waals surface area contributed by atoms with Crippen LogP contribution < -0.4 is 14.8 Å². The lowest BCUT2D eigenvalue weighted by molar-refractivity contribution is 0.174. The molecule has 4 rings (SSSR count). The average molecular weight is 347 g/mol. The number of nitrogens with one attached hydrogen (secondary N) is 1. The number of hydrogen-bond donors (Lipinski definition) is 2. The third kappa shape index (κ3) is 2.78. The lowest BCUT2D eigenvalue weighted by Gasteiger charge is -2.04. The summed E-state index contributed by atoms with van der Waals surface area (Å²) >= 11 is 7.42. The van der Waals surface area contributed by atoms with Gasteiger partial charge in [0.15, 0.2) is 16.6 Å². The van der Waals surface area contributed by atoms with E-state index in [2.05, 4.69) is 10.3 Å². The van der Waals surface area contributed by atoms with Crippen molar-refractivity contribution in [2.45, 2.75) is 0 Å². The van der Waals surface area contributed by atoms with Crippen LogP contribution in [-0.2, 0) is 0 Å². The maximum atomic E-state index is 9.95. The van der Waals surface area contributed by atoms with E-state index < -0.39 is 0 Å². The summed E-state index contributed by atoms with van der Waals surface area (Å²) in [7, 11) is 0. The van der Waals surface area contributed by atoms with Crippen molar-refractivity contribution < 1.29 is 14.6 Å². The topological polar surface area (TPSA) is 63.6 Å². The van der Waals surface area contributed by atoms with Crippen molar-refractivity contribution in [3.8, 4) is 28.5 Å². The third-order valence-electron chi connectivity index (χ3n) is 3.36. The molecule has 1 aliphatic heterocycles. The summed E-state index contributed by atoms with van der Waals surface area (Å²) in [5.41, 5.74) is 2.12. The fourth-order valence-corrected chi connectivity index (χ4v) is 3.17. The molecule has 2 N–H and O–H groups in total. The molecular formula is C16H11ClN2O3S. The zero-order chi connectivity index (χ0) is 15.8. The molecule has 0 aliphatic carbocycles. The highest BCUT2D eigenvalue weighted by molar-refractivity contribution is 7.14. The first-order valence-corrected chi connectivity index (χ1v) is 8.06. The molecule has 3 aromatic rings. The SMILES string of the molecule is Oc1ccc(Cl)cc1-c1csc(Nc2ccc3c(c2)OCO3)n1. The summed E-state index contributed by atoms with van der Waals surface area (Å²) in [5, 5.41) is 16.3. The molecule has 0 radical (unpaired) electrons. The molecule has 0 fully saturated rings. The summed E-state index contributed by atoms with van der Waals surface area (Å²) in [4.78, 5) is 4.49. The first-order chi connectivity index (χ1) is 11.2. The van der Waals surface area contributed by atoms with Gasteiger partial charge in [0.1, 0.15) is 5.75 Å². The van der Waals surface area contributed by atoms with E-state index in [9.17, 15) is 5.11 Å². The molecule has 2 heterocycles. The van der Waals surface area contributed by atoms with Gasteiger partial charge in [0.2, 0.25) is 6.79 Å². The Morgan fingerprint density at radius 3 is 2.91 bits per heavy atom. The van der Waals surface area contributed by atoms with Crippen LogP contribution in [0.4, 0.5) is 10.8 Å². The number of phenolic OH excluding ortho intramolecular Hbond substituents is 1. The number of nitrogens with zero attached hydrogens (tertiary/aromatic N) is 1. The van der Waals surface area contributed by atoms with Crippen LogP contribution in [-0.4, -0.2) is 16.9 Å². The van der Waals surface area contributed by atoms with Crippen LogP contribution in [0.2, 0.25) is 5.02 Å². The highest BCUT2D eigenvalue weighted by Gasteiger charge is 2.14. The van der Waals surface area contributed by atoms with Crippen LogP contribution in [0.1, 0.15) is 0 Å². The van der Waals surface area contributed by atoms with Crippen molar-refractivity contribution in [1.29, 1.82) is 0 Å². The maximum absolute atomic E-state index is 9.95. The van der Waals surface area contributed by atoms with Crippen LogP contribution in [0.5, 0.6) is 17.2 Å².